The van der Waals surface area contributed by atoms with Gasteiger partial charge in [0, 0.05) is 0 Å². The molecule has 2 nitrogen and oxygen atoms in total. The normalized spacial score (nSPS) is 12.8. The van der Waals surface area contributed by atoms with Gasteiger partial charge in [0.2, 0.25) is 0 Å². The summed E-state index contributed by atoms with van der Waals surface area (Å²) in [5, 5.41) is 3.45. The lowest BCUT2D eigenvalue weighted by Crippen LogP contribution is -2.27. The molecule has 1 rings (SSSR count). The minimum absolute atomic E-state index is 0.569. The zero-order valence-electron chi connectivity index (χ0n) is 10.7. The van der Waals surface area contributed by atoms with Gasteiger partial charge >= 0.3 is 0 Å². The molecule has 0 bridgehead atoms. The van der Waals surface area contributed by atoms with Crippen molar-refractivity contribution in [2.45, 2.75) is 27.2 Å². The number of rotatable bonds is 6. The summed E-state index contributed by atoms with van der Waals surface area (Å²) in [6.07, 6.45) is 1.10. The van der Waals surface area contributed by atoms with Crippen molar-refractivity contribution in [3.63, 3.8) is 0 Å². The SMILES string of the molecule is Cc1ccc(CCNCC(C)CN)c(C)c1. The maximum absolute atomic E-state index is 5.57. The number of benzene rings is 1. The van der Waals surface area contributed by atoms with Gasteiger partial charge in [0.25, 0.3) is 0 Å². The van der Waals surface area contributed by atoms with Gasteiger partial charge in [-0.3, -0.25) is 0 Å². The molecule has 3 N–H and O–H groups in total. The predicted molar refractivity (Wildman–Crippen MR) is 70.7 cm³/mol. The van der Waals surface area contributed by atoms with Gasteiger partial charge in [-0.2, -0.15) is 0 Å². The average Bonchev–Trinajstić information content (AvgIpc) is 2.26. The maximum atomic E-state index is 5.57. The smallest absolute Gasteiger partial charge is 0.000813 e. The Kier molecular flexibility index (Phi) is 5.50. The van der Waals surface area contributed by atoms with E-state index in [0.717, 1.165) is 26.1 Å². The third-order valence-corrected chi connectivity index (χ3v) is 2.96. The standard InChI is InChI=1S/C14H24N2/c1-11-4-5-14(13(3)8-11)6-7-16-10-12(2)9-15/h4-5,8,12,16H,6-7,9-10,15H2,1-3H3. The molecule has 0 spiro atoms. The largest absolute Gasteiger partial charge is 0.330 e. The van der Waals surface area contributed by atoms with Crippen molar-refractivity contribution in [3.8, 4) is 0 Å². The highest BCUT2D eigenvalue weighted by Gasteiger charge is 2.00. The Labute approximate surface area is 99.2 Å². The van der Waals surface area contributed by atoms with Crippen LogP contribution in [0.4, 0.5) is 0 Å². The lowest BCUT2D eigenvalue weighted by Gasteiger charge is -2.11. The summed E-state index contributed by atoms with van der Waals surface area (Å²) < 4.78 is 0. The van der Waals surface area contributed by atoms with Crippen molar-refractivity contribution in [2.75, 3.05) is 19.6 Å². The predicted octanol–water partition coefficient (Wildman–Crippen LogP) is 2.03. The molecule has 90 valence electrons. The van der Waals surface area contributed by atoms with Crippen LogP contribution < -0.4 is 11.1 Å². The van der Waals surface area contributed by atoms with Crippen molar-refractivity contribution in [1.29, 1.82) is 0 Å². The van der Waals surface area contributed by atoms with Gasteiger partial charge in [-0.05, 0) is 56.9 Å². The summed E-state index contributed by atoms with van der Waals surface area (Å²) in [5.41, 5.74) is 9.74. The second-order valence-corrected chi connectivity index (χ2v) is 4.72. The van der Waals surface area contributed by atoms with Crippen LogP contribution in [-0.4, -0.2) is 19.6 Å². The molecule has 0 radical (unpaired) electrons. The van der Waals surface area contributed by atoms with E-state index in [4.69, 9.17) is 5.73 Å². The van der Waals surface area contributed by atoms with E-state index in [0.29, 0.717) is 5.92 Å². The fraction of sp³-hybridized carbons (Fsp3) is 0.571. The first-order valence-electron chi connectivity index (χ1n) is 6.10. The molecule has 1 aromatic carbocycles. The molecule has 16 heavy (non-hydrogen) atoms. The van der Waals surface area contributed by atoms with E-state index >= 15 is 0 Å². The first-order valence-corrected chi connectivity index (χ1v) is 6.10. The van der Waals surface area contributed by atoms with E-state index < -0.39 is 0 Å². The fourth-order valence-electron chi connectivity index (χ4n) is 1.78. The van der Waals surface area contributed by atoms with Crippen LogP contribution in [0.2, 0.25) is 0 Å². The zero-order valence-corrected chi connectivity index (χ0v) is 10.7. The highest BCUT2D eigenvalue weighted by molar-refractivity contribution is 5.30. The van der Waals surface area contributed by atoms with Crippen LogP contribution in [0.1, 0.15) is 23.6 Å². The number of aryl methyl sites for hydroxylation is 2. The molecule has 0 fully saturated rings. The molecule has 1 atom stereocenters. The van der Waals surface area contributed by atoms with Gasteiger partial charge < -0.3 is 11.1 Å². The highest BCUT2D eigenvalue weighted by Crippen LogP contribution is 2.10. The van der Waals surface area contributed by atoms with Crippen molar-refractivity contribution in [1.82, 2.24) is 5.32 Å². The molecule has 2 heteroatoms. The van der Waals surface area contributed by atoms with Crippen LogP contribution in [0.15, 0.2) is 18.2 Å². The molecule has 0 aliphatic carbocycles. The molecule has 0 heterocycles. The zero-order chi connectivity index (χ0) is 12.0. The van der Waals surface area contributed by atoms with Gasteiger partial charge in [0.05, 0.1) is 0 Å². The summed E-state index contributed by atoms with van der Waals surface area (Å²) in [4.78, 5) is 0. The molecule has 0 saturated carbocycles. The Hall–Kier alpha value is -0.860. The third kappa shape index (κ3) is 4.33. The van der Waals surface area contributed by atoms with Gasteiger partial charge in [0.15, 0.2) is 0 Å². The quantitative estimate of drug-likeness (QED) is 0.720. The molecule has 1 unspecified atom stereocenters. The molecule has 0 aliphatic heterocycles. The summed E-state index contributed by atoms with van der Waals surface area (Å²) in [5.74, 6) is 0.569. The Morgan fingerprint density at radius 1 is 1.31 bits per heavy atom. The van der Waals surface area contributed by atoms with Crippen LogP contribution in [0.3, 0.4) is 0 Å². The van der Waals surface area contributed by atoms with Gasteiger partial charge in [-0.25, -0.2) is 0 Å². The first-order chi connectivity index (χ1) is 7.63. The Bertz CT molecular complexity index is 321. The monoisotopic (exact) mass is 220 g/mol. The van der Waals surface area contributed by atoms with Gasteiger partial charge in [-0.15, -0.1) is 0 Å². The summed E-state index contributed by atoms with van der Waals surface area (Å²) in [7, 11) is 0. The van der Waals surface area contributed by atoms with Crippen molar-refractivity contribution < 1.29 is 0 Å². The van der Waals surface area contributed by atoms with Gasteiger partial charge in [-0.1, -0.05) is 30.7 Å². The Morgan fingerprint density at radius 2 is 2.06 bits per heavy atom. The van der Waals surface area contributed by atoms with Crippen molar-refractivity contribution >= 4 is 0 Å². The average molecular weight is 220 g/mol. The Balaban J connectivity index is 2.32. The van der Waals surface area contributed by atoms with E-state index in [1.807, 2.05) is 0 Å². The minimum Gasteiger partial charge on any atom is -0.330 e. The molecule has 0 aromatic heterocycles. The number of hydrogen-bond acceptors (Lipinski definition) is 2. The van der Waals surface area contributed by atoms with E-state index in [1.54, 1.807) is 0 Å². The number of nitrogens with one attached hydrogen (secondary N) is 1. The van der Waals surface area contributed by atoms with Crippen LogP contribution in [0, 0.1) is 19.8 Å². The Morgan fingerprint density at radius 3 is 2.69 bits per heavy atom. The van der Waals surface area contributed by atoms with E-state index in [2.05, 4.69) is 44.3 Å². The fourth-order valence-corrected chi connectivity index (χ4v) is 1.78. The van der Waals surface area contributed by atoms with Crippen LogP contribution >= 0.6 is 0 Å². The van der Waals surface area contributed by atoms with Crippen molar-refractivity contribution in [3.05, 3.63) is 34.9 Å². The lowest BCUT2D eigenvalue weighted by atomic mass is 10.0. The first kappa shape index (κ1) is 13.2. The van der Waals surface area contributed by atoms with E-state index in [-0.39, 0.29) is 0 Å². The summed E-state index contributed by atoms with van der Waals surface area (Å²) in [6, 6.07) is 6.67. The second kappa shape index (κ2) is 6.66. The molecule has 0 saturated heterocycles. The summed E-state index contributed by atoms with van der Waals surface area (Å²) in [6.45, 7) is 9.30. The second-order valence-electron chi connectivity index (χ2n) is 4.72. The molecule has 0 amide bonds. The molecule has 1 aromatic rings. The van der Waals surface area contributed by atoms with Crippen LogP contribution in [0.5, 0.6) is 0 Å². The van der Waals surface area contributed by atoms with Crippen molar-refractivity contribution in [2.24, 2.45) is 11.7 Å². The lowest BCUT2D eigenvalue weighted by molar-refractivity contribution is 0.524. The summed E-state index contributed by atoms with van der Waals surface area (Å²) >= 11 is 0. The van der Waals surface area contributed by atoms with Gasteiger partial charge in [0.1, 0.15) is 0 Å². The molecule has 0 aliphatic rings. The number of nitrogens with two attached hydrogens (primary N) is 1. The maximum Gasteiger partial charge on any atom is -0.000813 e. The molecular formula is C14H24N2. The van der Waals surface area contributed by atoms with E-state index in [1.165, 1.54) is 16.7 Å². The van der Waals surface area contributed by atoms with E-state index in [9.17, 15) is 0 Å². The number of hydrogen-bond donors (Lipinski definition) is 2. The molecular weight excluding hydrogens is 196 g/mol. The minimum atomic E-state index is 0.569. The third-order valence-electron chi connectivity index (χ3n) is 2.96. The van der Waals surface area contributed by atoms with Crippen LogP contribution in [0.25, 0.3) is 0 Å². The highest BCUT2D eigenvalue weighted by atomic mass is 14.9. The topological polar surface area (TPSA) is 38.0 Å². The van der Waals surface area contributed by atoms with Crippen LogP contribution in [-0.2, 0) is 6.42 Å².